The van der Waals surface area contributed by atoms with Crippen LogP contribution in [0.25, 0.3) is 0 Å². The van der Waals surface area contributed by atoms with Crippen LogP contribution in [0.15, 0.2) is 72.9 Å². The van der Waals surface area contributed by atoms with E-state index in [1.54, 1.807) is 0 Å². The van der Waals surface area contributed by atoms with Crippen LogP contribution in [0.1, 0.15) is 252 Å². The first-order valence-corrected chi connectivity index (χ1v) is 26.7. The highest BCUT2D eigenvalue weighted by molar-refractivity contribution is 5.77. The average molecular weight is 880 g/mol. The number of amides is 1. The minimum absolute atomic E-state index is 0.0441. The largest absolute Gasteiger partial charge is 0.462 e. The Balaban J connectivity index is 4.67. The van der Waals surface area contributed by atoms with E-state index in [-0.39, 0.29) is 24.9 Å². The minimum Gasteiger partial charge on any atom is -0.462 e. The van der Waals surface area contributed by atoms with E-state index < -0.39 is 18.2 Å². The molecule has 0 saturated heterocycles. The number of hydrogen-bond acceptors (Lipinski definition) is 5. The van der Waals surface area contributed by atoms with Gasteiger partial charge in [-0.25, -0.2) is 0 Å². The minimum atomic E-state index is -0.803. The first-order chi connectivity index (χ1) is 31.0. The Labute approximate surface area is 390 Å². The molecule has 0 aromatic heterocycles. The van der Waals surface area contributed by atoms with Crippen LogP contribution >= 0.6 is 0 Å². The van der Waals surface area contributed by atoms with E-state index in [4.69, 9.17) is 4.74 Å². The maximum Gasteiger partial charge on any atom is 0.306 e. The molecule has 6 heteroatoms. The Hall–Kier alpha value is -2.70. The number of rotatable bonds is 47. The van der Waals surface area contributed by atoms with Crippen molar-refractivity contribution in [1.82, 2.24) is 5.32 Å². The summed E-state index contributed by atoms with van der Waals surface area (Å²) in [6.07, 6.45) is 63.9. The van der Waals surface area contributed by atoms with Crippen molar-refractivity contribution >= 4 is 11.9 Å². The summed E-state index contributed by atoms with van der Waals surface area (Å²) in [5.74, 6) is -0.526. The third kappa shape index (κ3) is 45.7. The molecule has 0 fully saturated rings. The monoisotopic (exact) mass is 880 g/mol. The lowest BCUT2D eigenvalue weighted by Crippen LogP contribution is -2.46. The summed E-state index contributed by atoms with van der Waals surface area (Å²) in [6, 6.07) is -0.719. The number of ether oxygens (including phenoxy) is 1. The van der Waals surface area contributed by atoms with Crippen molar-refractivity contribution in [3.05, 3.63) is 72.9 Å². The summed E-state index contributed by atoms with van der Waals surface area (Å²) in [5, 5.41) is 23.8. The van der Waals surface area contributed by atoms with Crippen LogP contribution in [-0.2, 0) is 14.3 Å². The lowest BCUT2D eigenvalue weighted by atomic mass is 10.0. The van der Waals surface area contributed by atoms with Gasteiger partial charge in [0.2, 0.25) is 5.91 Å². The number of carbonyl (C=O) groups excluding carboxylic acids is 2. The van der Waals surface area contributed by atoms with E-state index in [0.29, 0.717) is 19.3 Å². The summed E-state index contributed by atoms with van der Waals surface area (Å²) in [5.41, 5.74) is 0. The molecule has 0 saturated carbocycles. The predicted molar refractivity (Wildman–Crippen MR) is 273 cm³/mol. The molecular weight excluding hydrogens is 779 g/mol. The van der Waals surface area contributed by atoms with Crippen LogP contribution in [0.2, 0.25) is 0 Å². The quantitative estimate of drug-likeness (QED) is 0.0321. The van der Waals surface area contributed by atoms with Crippen molar-refractivity contribution in [2.45, 2.75) is 270 Å². The summed E-state index contributed by atoms with van der Waals surface area (Å²) >= 11 is 0. The molecule has 63 heavy (non-hydrogen) atoms. The summed E-state index contributed by atoms with van der Waals surface area (Å²) in [4.78, 5) is 26.2. The van der Waals surface area contributed by atoms with E-state index in [2.05, 4.69) is 99.0 Å². The van der Waals surface area contributed by atoms with Gasteiger partial charge in [-0.1, -0.05) is 216 Å². The number of hydrogen-bond donors (Lipinski definition) is 3. The lowest BCUT2D eigenvalue weighted by Gasteiger charge is -2.24. The molecule has 0 aromatic carbocycles. The van der Waals surface area contributed by atoms with Gasteiger partial charge in [-0.05, 0) is 96.3 Å². The number of nitrogens with one attached hydrogen (secondary N) is 1. The molecule has 364 valence electrons. The molecule has 3 unspecified atom stereocenters. The number of esters is 1. The standard InChI is InChI=1S/C57H101NO5/c1-4-7-10-13-16-19-22-25-27-29-32-35-38-41-44-47-50-57(62)63-53(48-45-42-39-36-33-31-28-26-23-20-17-14-11-8-5-2)51-56(61)58-54(52-59)55(60)49-46-43-40-37-34-30-24-21-18-15-12-9-6-3/h7,10,16-17,19-20,25-28,33,36,53-55,59-60H,4-6,8-9,11-15,18,21-24,29-32,34-35,37-52H2,1-3H3,(H,58,61)/b10-7+,19-16+,20-17-,27-25+,28-26-,36-33-. The second kappa shape index (κ2) is 50.3. The first kappa shape index (κ1) is 60.3. The number of allylic oxidation sites excluding steroid dienone is 12. The third-order valence-corrected chi connectivity index (χ3v) is 11.8. The highest BCUT2D eigenvalue weighted by Crippen LogP contribution is 2.17. The highest BCUT2D eigenvalue weighted by Gasteiger charge is 2.24. The Morgan fingerprint density at radius 3 is 1.35 bits per heavy atom. The number of unbranched alkanes of at least 4 members (excludes halogenated alkanes) is 23. The van der Waals surface area contributed by atoms with Crippen LogP contribution < -0.4 is 5.32 Å². The molecule has 0 aliphatic heterocycles. The van der Waals surface area contributed by atoms with Crippen LogP contribution in [0.4, 0.5) is 0 Å². The van der Waals surface area contributed by atoms with Crippen molar-refractivity contribution in [3.63, 3.8) is 0 Å². The van der Waals surface area contributed by atoms with Crippen LogP contribution in [-0.4, -0.2) is 46.9 Å². The molecule has 0 bridgehead atoms. The molecule has 1 amide bonds. The van der Waals surface area contributed by atoms with Gasteiger partial charge in [0, 0.05) is 6.42 Å². The Morgan fingerprint density at radius 2 is 0.857 bits per heavy atom. The zero-order chi connectivity index (χ0) is 45.9. The molecule has 0 aliphatic rings. The molecule has 0 rings (SSSR count). The van der Waals surface area contributed by atoms with Gasteiger partial charge in [-0.2, -0.15) is 0 Å². The van der Waals surface area contributed by atoms with Gasteiger partial charge in [-0.15, -0.1) is 0 Å². The fourth-order valence-corrected chi connectivity index (χ4v) is 7.75. The van der Waals surface area contributed by atoms with Crippen LogP contribution in [0, 0.1) is 0 Å². The third-order valence-electron chi connectivity index (χ3n) is 11.8. The maximum atomic E-state index is 13.2. The Bertz CT molecular complexity index is 1170. The van der Waals surface area contributed by atoms with Crippen molar-refractivity contribution in [2.75, 3.05) is 6.61 Å². The molecule has 6 nitrogen and oxygen atoms in total. The molecule has 3 atom stereocenters. The highest BCUT2D eigenvalue weighted by atomic mass is 16.5. The van der Waals surface area contributed by atoms with Crippen LogP contribution in [0.5, 0.6) is 0 Å². The maximum absolute atomic E-state index is 13.2. The van der Waals surface area contributed by atoms with Gasteiger partial charge in [0.05, 0.1) is 25.2 Å². The second-order valence-electron chi connectivity index (χ2n) is 17.9. The molecule has 0 heterocycles. The molecule has 0 aromatic rings. The van der Waals surface area contributed by atoms with Crippen molar-refractivity contribution in [3.8, 4) is 0 Å². The van der Waals surface area contributed by atoms with E-state index in [0.717, 1.165) is 96.3 Å². The van der Waals surface area contributed by atoms with Gasteiger partial charge in [0.1, 0.15) is 6.10 Å². The smallest absolute Gasteiger partial charge is 0.306 e. The molecule has 3 N–H and O–H groups in total. The number of carbonyl (C=O) groups is 2. The zero-order valence-electron chi connectivity index (χ0n) is 41.4. The number of aliphatic hydroxyl groups is 2. The van der Waals surface area contributed by atoms with Crippen molar-refractivity contribution < 1.29 is 24.5 Å². The summed E-state index contributed by atoms with van der Waals surface area (Å²) in [6.45, 7) is 6.33. The van der Waals surface area contributed by atoms with Crippen molar-refractivity contribution in [2.24, 2.45) is 0 Å². The van der Waals surface area contributed by atoms with E-state index in [1.807, 2.05) is 0 Å². The normalized spacial score (nSPS) is 13.8. The van der Waals surface area contributed by atoms with Crippen molar-refractivity contribution in [1.29, 1.82) is 0 Å². The fourth-order valence-electron chi connectivity index (χ4n) is 7.75. The van der Waals surface area contributed by atoms with Gasteiger partial charge in [0.15, 0.2) is 0 Å². The van der Waals surface area contributed by atoms with Gasteiger partial charge in [0.25, 0.3) is 0 Å². The molecule has 0 radical (unpaired) electrons. The second-order valence-corrected chi connectivity index (χ2v) is 17.9. The Kier molecular flexibility index (Phi) is 48.1. The first-order valence-electron chi connectivity index (χ1n) is 26.7. The van der Waals surface area contributed by atoms with E-state index >= 15 is 0 Å². The fraction of sp³-hybridized carbons (Fsp3) is 0.754. The molecular formula is C57H101NO5. The van der Waals surface area contributed by atoms with E-state index in [1.165, 1.54) is 109 Å². The SMILES string of the molecule is CC/C=C/C/C=C/C/C=C/CCCCCCCCC(=O)OC(CCCC/C=C\C/C=C\C/C=C\CCCCC)CC(=O)NC(CO)C(O)CCCCCCCCCCCCCCC. The van der Waals surface area contributed by atoms with Gasteiger partial charge in [-0.3, -0.25) is 9.59 Å². The van der Waals surface area contributed by atoms with Gasteiger partial charge >= 0.3 is 5.97 Å². The predicted octanol–water partition coefficient (Wildman–Crippen LogP) is 16.2. The molecule has 0 spiro atoms. The average Bonchev–Trinajstić information content (AvgIpc) is 3.28. The van der Waals surface area contributed by atoms with Crippen LogP contribution in [0.3, 0.4) is 0 Å². The van der Waals surface area contributed by atoms with Gasteiger partial charge < -0.3 is 20.3 Å². The lowest BCUT2D eigenvalue weighted by molar-refractivity contribution is -0.151. The van der Waals surface area contributed by atoms with E-state index in [9.17, 15) is 19.8 Å². The number of aliphatic hydroxyl groups excluding tert-OH is 2. The zero-order valence-corrected chi connectivity index (χ0v) is 41.4. The molecule has 0 aliphatic carbocycles. The topological polar surface area (TPSA) is 95.9 Å². The summed E-state index contributed by atoms with van der Waals surface area (Å²) < 4.78 is 5.92. The Morgan fingerprint density at radius 1 is 0.476 bits per heavy atom. The summed E-state index contributed by atoms with van der Waals surface area (Å²) in [7, 11) is 0.